The maximum atomic E-state index is 3.43. The van der Waals surface area contributed by atoms with Crippen LogP contribution in [0.2, 0.25) is 0 Å². The van der Waals surface area contributed by atoms with Gasteiger partial charge in [0, 0.05) is 4.47 Å². The monoisotopic (exact) mass is 249 g/mol. The Morgan fingerprint density at radius 3 is 2.75 bits per heavy atom. The maximum Gasteiger partial charge on any atom is 0.0178 e. The van der Waals surface area contributed by atoms with Gasteiger partial charge in [-0.25, -0.2) is 0 Å². The molecule has 0 saturated carbocycles. The first-order valence-corrected chi connectivity index (χ1v) is 4.51. The lowest BCUT2D eigenvalue weighted by molar-refractivity contribution is 0.791. The highest BCUT2D eigenvalue weighted by Crippen LogP contribution is 2.11. The van der Waals surface area contributed by atoms with Gasteiger partial charge in [0.1, 0.15) is 0 Å². The molecule has 1 aromatic rings. The van der Waals surface area contributed by atoms with E-state index >= 15 is 0 Å². The van der Waals surface area contributed by atoms with Gasteiger partial charge in [-0.1, -0.05) is 28.1 Å². The summed E-state index contributed by atoms with van der Waals surface area (Å²) >= 11 is 3.43. The van der Waals surface area contributed by atoms with Gasteiger partial charge in [0.2, 0.25) is 0 Å². The van der Waals surface area contributed by atoms with Crippen molar-refractivity contribution in [2.24, 2.45) is 0 Å². The van der Waals surface area contributed by atoms with Crippen LogP contribution in [0.3, 0.4) is 0 Å². The SMILES string of the molecule is CNCCc1cccc(Br)c1.Cl. The Bertz CT molecular complexity index is 228. The van der Waals surface area contributed by atoms with Crippen LogP contribution in [-0.4, -0.2) is 13.6 Å². The lowest BCUT2D eigenvalue weighted by Gasteiger charge is -1.99. The quantitative estimate of drug-likeness (QED) is 0.870. The Labute approximate surface area is 88.1 Å². The number of nitrogens with one attached hydrogen (secondary N) is 1. The zero-order valence-corrected chi connectivity index (χ0v) is 9.41. The third-order valence-electron chi connectivity index (χ3n) is 1.55. The summed E-state index contributed by atoms with van der Waals surface area (Å²) in [6, 6.07) is 8.40. The average molecular weight is 251 g/mol. The van der Waals surface area contributed by atoms with Crippen LogP contribution in [0, 0.1) is 0 Å². The summed E-state index contributed by atoms with van der Waals surface area (Å²) in [6.45, 7) is 1.04. The predicted molar refractivity (Wildman–Crippen MR) is 59.0 cm³/mol. The molecule has 0 radical (unpaired) electrons. The summed E-state index contributed by atoms with van der Waals surface area (Å²) in [6.07, 6.45) is 1.09. The summed E-state index contributed by atoms with van der Waals surface area (Å²) in [5.74, 6) is 0. The first-order valence-electron chi connectivity index (χ1n) is 3.72. The number of rotatable bonds is 3. The molecule has 0 saturated heterocycles. The topological polar surface area (TPSA) is 12.0 Å². The van der Waals surface area contributed by atoms with Crippen molar-refractivity contribution in [3.8, 4) is 0 Å². The Morgan fingerprint density at radius 1 is 1.42 bits per heavy atom. The van der Waals surface area contributed by atoms with E-state index in [2.05, 4.69) is 39.4 Å². The normalized spacial score (nSPS) is 9.17. The molecule has 1 N–H and O–H groups in total. The highest BCUT2D eigenvalue weighted by Gasteiger charge is 1.91. The third-order valence-corrected chi connectivity index (χ3v) is 2.05. The van der Waals surface area contributed by atoms with Crippen molar-refractivity contribution >= 4 is 28.3 Å². The molecule has 0 aliphatic heterocycles. The molecule has 68 valence electrons. The number of hydrogen-bond donors (Lipinski definition) is 1. The molecule has 1 rings (SSSR count). The molecule has 0 aromatic heterocycles. The van der Waals surface area contributed by atoms with Gasteiger partial charge in [-0.3, -0.25) is 0 Å². The van der Waals surface area contributed by atoms with Gasteiger partial charge in [0.15, 0.2) is 0 Å². The molecule has 0 bridgehead atoms. The summed E-state index contributed by atoms with van der Waals surface area (Å²) < 4.78 is 1.16. The predicted octanol–water partition coefficient (Wildman–Crippen LogP) is 2.63. The molecule has 0 fully saturated rings. The van der Waals surface area contributed by atoms with E-state index in [0.717, 1.165) is 17.4 Å². The first kappa shape index (κ1) is 11.9. The Balaban J connectivity index is 0.00000121. The minimum Gasteiger partial charge on any atom is -0.319 e. The van der Waals surface area contributed by atoms with E-state index in [4.69, 9.17) is 0 Å². The number of halogens is 2. The number of likely N-dealkylation sites (N-methyl/N-ethyl adjacent to an activating group) is 1. The van der Waals surface area contributed by atoms with Crippen molar-refractivity contribution in [1.29, 1.82) is 0 Å². The highest BCUT2D eigenvalue weighted by atomic mass is 79.9. The molecule has 0 aliphatic carbocycles. The number of hydrogen-bond acceptors (Lipinski definition) is 1. The molecule has 0 spiro atoms. The van der Waals surface area contributed by atoms with Gasteiger partial charge in [0.25, 0.3) is 0 Å². The minimum absolute atomic E-state index is 0. The molecule has 1 aromatic carbocycles. The van der Waals surface area contributed by atoms with E-state index in [1.807, 2.05) is 13.1 Å². The molecule has 12 heavy (non-hydrogen) atoms. The fourth-order valence-corrected chi connectivity index (χ4v) is 1.41. The van der Waals surface area contributed by atoms with Crippen LogP contribution >= 0.6 is 28.3 Å². The lowest BCUT2D eigenvalue weighted by atomic mass is 10.1. The van der Waals surface area contributed by atoms with Crippen LogP contribution in [0.4, 0.5) is 0 Å². The first-order chi connectivity index (χ1) is 5.33. The molecule has 3 heteroatoms. The van der Waals surface area contributed by atoms with E-state index in [1.54, 1.807) is 0 Å². The smallest absolute Gasteiger partial charge is 0.0178 e. The van der Waals surface area contributed by atoms with Crippen molar-refractivity contribution in [2.45, 2.75) is 6.42 Å². The van der Waals surface area contributed by atoms with Crippen LogP contribution < -0.4 is 5.32 Å². The summed E-state index contributed by atoms with van der Waals surface area (Å²) in [4.78, 5) is 0. The Morgan fingerprint density at radius 2 is 2.17 bits per heavy atom. The average Bonchev–Trinajstić information content (AvgIpc) is 2.01. The Hall–Kier alpha value is -0.0500. The van der Waals surface area contributed by atoms with Crippen molar-refractivity contribution in [3.05, 3.63) is 34.3 Å². The Kier molecular flexibility index (Phi) is 6.44. The zero-order valence-electron chi connectivity index (χ0n) is 7.01. The standard InChI is InChI=1S/C9H12BrN.ClH/c1-11-6-5-8-3-2-4-9(10)7-8;/h2-4,7,11H,5-6H2,1H3;1H. The van der Waals surface area contributed by atoms with Crippen molar-refractivity contribution in [1.82, 2.24) is 5.32 Å². The molecule has 0 atom stereocenters. The second-order valence-electron chi connectivity index (χ2n) is 2.48. The lowest BCUT2D eigenvalue weighted by Crippen LogP contribution is -2.10. The van der Waals surface area contributed by atoms with Crippen molar-refractivity contribution in [2.75, 3.05) is 13.6 Å². The molecule has 0 unspecified atom stereocenters. The highest BCUT2D eigenvalue weighted by molar-refractivity contribution is 9.10. The minimum atomic E-state index is 0. The second kappa shape index (κ2) is 6.46. The van der Waals surface area contributed by atoms with Crippen LogP contribution in [-0.2, 0) is 6.42 Å². The summed E-state index contributed by atoms with van der Waals surface area (Å²) in [5.41, 5.74) is 1.37. The van der Waals surface area contributed by atoms with Gasteiger partial charge in [-0.2, -0.15) is 0 Å². The maximum absolute atomic E-state index is 3.43. The van der Waals surface area contributed by atoms with Crippen LogP contribution in [0.5, 0.6) is 0 Å². The van der Waals surface area contributed by atoms with Gasteiger partial charge >= 0.3 is 0 Å². The zero-order chi connectivity index (χ0) is 8.10. The van der Waals surface area contributed by atoms with E-state index in [0.29, 0.717) is 0 Å². The van der Waals surface area contributed by atoms with Crippen molar-refractivity contribution in [3.63, 3.8) is 0 Å². The van der Waals surface area contributed by atoms with E-state index in [9.17, 15) is 0 Å². The molecular formula is C9H13BrClN. The number of benzene rings is 1. The van der Waals surface area contributed by atoms with Gasteiger partial charge < -0.3 is 5.32 Å². The fraction of sp³-hybridized carbons (Fsp3) is 0.333. The second-order valence-corrected chi connectivity index (χ2v) is 3.40. The van der Waals surface area contributed by atoms with Gasteiger partial charge in [-0.15, -0.1) is 12.4 Å². The molecule has 0 heterocycles. The van der Waals surface area contributed by atoms with Gasteiger partial charge in [-0.05, 0) is 37.7 Å². The molecule has 1 nitrogen and oxygen atoms in total. The van der Waals surface area contributed by atoms with Crippen LogP contribution in [0.1, 0.15) is 5.56 Å². The van der Waals surface area contributed by atoms with Crippen molar-refractivity contribution < 1.29 is 0 Å². The summed E-state index contributed by atoms with van der Waals surface area (Å²) in [5, 5.41) is 3.12. The largest absolute Gasteiger partial charge is 0.319 e. The third kappa shape index (κ3) is 4.10. The van der Waals surface area contributed by atoms with Gasteiger partial charge in [0.05, 0.1) is 0 Å². The summed E-state index contributed by atoms with van der Waals surface area (Å²) in [7, 11) is 1.97. The molecule has 0 aliphatic rings. The van der Waals surface area contributed by atoms with E-state index < -0.39 is 0 Å². The van der Waals surface area contributed by atoms with Crippen LogP contribution in [0.25, 0.3) is 0 Å². The fourth-order valence-electron chi connectivity index (χ4n) is 0.962. The molecular weight excluding hydrogens is 237 g/mol. The molecule has 0 amide bonds. The van der Waals surface area contributed by atoms with E-state index in [-0.39, 0.29) is 12.4 Å². The van der Waals surface area contributed by atoms with Crippen LogP contribution in [0.15, 0.2) is 28.7 Å². The van der Waals surface area contributed by atoms with E-state index in [1.165, 1.54) is 5.56 Å².